The number of aromatic nitrogens is 2. The summed E-state index contributed by atoms with van der Waals surface area (Å²) in [6.45, 7) is 1.83. The third-order valence-corrected chi connectivity index (χ3v) is 3.29. The molecule has 0 aliphatic carbocycles. The van der Waals surface area contributed by atoms with Crippen molar-refractivity contribution in [2.75, 3.05) is 13.1 Å². The van der Waals surface area contributed by atoms with Crippen LogP contribution in [0.4, 0.5) is 0 Å². The zero-order chi connectivity index (χ0) is 13.1. The lowest BCUT2D eigenvalue weighted by molar-refractivity contribution is 0.0940. The molecule has 106 valence electrons. The number of amides is 1. The second-order valence-corrected chi connectivity index (χ2v) is 4.66. The largest absolute Gasteiger partial charge is 0.348 e. The smallest absolute Gasteiger partial charge is 0.251 e. The zero-order valence-electron chi connectivity index (χ0n) is 11.0. The number of rotatable bonds is 3. The van der Waals surface area contributed by atoms with E-state index in [1.807, 2.05) is 36.5 Å². The van der Waals surface area contributed by atoms with Crippen LogP contribution in [0.3, 0.4) is 0 Å². The minimum absolute atomic E-state index is 0. The lowest BCUT2D eigenvalue weighted by Crippen LogP contribution is -2.36. The van der Waals surface area contributed by atoms with Gasteiger partial charge in [0.2, 0.25) is 0 Å². The molecule has 1 aromatic carbocycles. The topological polar surface area (TPSA) is 59.0 Å². The van der Waals surface area contributed by atoms with Crippen LogP contribution < -0.4 is 10.6 Å². The lowest BCUT2D eigenvalue weighted by Gasteiger charge is -2.11. The number of nitrogens with one attached hydrogen (secondary N) is 2. The molecule has 1 saturated heterocycles. The van der Waals surface area contributed by atoms with Gasteiger partial charge in [-0.15, -0.1) is 12.4 Å². The summed E-state index contributed by atoms with van der Waals surface area (Å²) >= 11 is 0. The maximum Gasteiger partial charge on any atom is 0.251 e. The van der Waals surface area contributed by atoms with Gasteiger partial charge in [-0.25, -0.2) is 4.68 Å². The molecule has 2 N–H and O–H groups in total. The number of nitrogens with zero attached hydrogens (tertiary/aromatic N) is 2. The first-order valence-electron chi connectivity index (χ1n) is 6.44. The Morgan fingerprint density at radius 2 is 2.15 bits per heavy atom. The summed E-state index contributed by atoms with van der Waals surface area (Å²) in [6, 6.07) is 9.57. The van der Waals surface area contributed by atoms with Crippen molar-refractivity contribution >= 4 is 18.3 Å². The molecule has 1 aliphatic rings. The first kappa shape index (κ1) is 14.6. The number of carbonyl (C=O) groups excluding carboxylic acids is 1. The molecule has 5 nitrogen and oxygen atoms in total. The van der Waals surface area contributed by atoms with Gasteiger partial charge in [0.25, 0.3) is 5.91 Å². The van der Waals surface area contributed by atoms with Crippen LogP contribution in [0.2, 0.25) is 0 Å². The molecule has 1 aromatic heterocycles. The lowest BCUT2D eigenvalue weighted by atomic mass is 10.1. The zero-order valence-corrected chi connectivity index (χ0v) is 11.8. The average molecular weight is 293 g/mol. The van der Waals surface area contributed by atoms with Crippen LogP contribution in [0.15, 0.2) is 42.7 Å². The van der Waals surface area contributed by atoms with Crippen LogP contribution in [-0.4, -0.2) is 34.8 Å². The van der Waals surface area contributed by atoms with Gasteiger partial charge in [-0.1, -0.05) is 0 Å². The minimum atomic E-state index is -0.0132. The summed E-state index contributed by atoms with van der Waals surface area (Å²) in [6.07, 6.45) is 4.60. The summed E-state index contributed by atoms with van der Waals surface area (Å²) in [7, 11) is 0. The highest BCUT2D eigenvalue weighted by Gasteiger charge is 2.17. The van der Waals surface area contributed by atoms with Crippen LogP contribution >= 0.6 is 12.4 Å². The summed E-state index contributed by atoms with van der Waals surface area (Å²) in [5.74, 6) is -0.0132. The first-order chi connectivity index (χ1) is 9.33. The molecular weight excluding hydrogens is 276 g/mol. The fraction of sp³-hybridized carbons (Fsp3) is 0.286. The molecule has 20 heavy (non-hydrogen) atoms. The molecule has 0 spiro atoms. The Morgan fingerprint density at radius 3 is 2.75 bits per heavy atom. The normalized spacial score (nSPS) is 17.5. The molecule has 0 radical (unpaired) electrons. The summed E-state index contributed by atoms with van der Waals surface area (Å²) in [4.78, 5) is 12.0. The number of benzene rings is 1. The van der Waals surface area contributed by atoms with Gasteiger partial charge >= 0.3 is 0 Å². The minimum Gasteiger partial charge on any atom is -0.348 e. The van der Waals surface area contributed by atoms with E-state index in [2.05, 4.69) is 15.7 Å². The molecule has 1 atom stereocenters. The van der Waals surface area contributed by atoms with Gasteiger partial charge in [0.1, 0.15) is 0 Å². The monoisotopic (exact) mass is 292 g/mol. The van der Waals surface area contributed by atoms with E-state index in [1.54, 1.807) is 10.9 Å². The highest BCUT2D eigenvalue weighted by atomic mass is 35.5. The van der Waals surface area contributed by atoms with Crippen LogP contribution in [0.1, 0.15) is 16.8 Å². The Morgan fingerprint density at radius 1 is 1.35 bits per heavy atom. The standard InChI is InChI=1S/C14H16N4O.ClH/c19-14(17-12-6-8-15-10-12)11-2-4-13(5-3-11)18-9-1-7-16-18;/h1-5,7,9,12,15H,6,8,10H2,(H,17,19);1H. The highest BCUT2D eigenvalue weighted by Crippen LogP contribution is 2.09. The number of carbonyl (C=O) groups is 1. The summed E-state index contributed by atoms with van der Waals surface area (Å²) in [5, 5.41) is 10.4. The third kappa shape index (κ3) is 3.18. The van der Waals surface area contributed by atoms with Crippen molar-refractivity contribution in [3.05, 3.63) is 48.3 Å². The number of hydrogen-bond donors (Lipinski definition) is 2. The molecule has 1 unspecified atom stereocenters. The Kier molecular flexibility index (Phi) is 4.76. The van der Waals surface area contributed by atoms with Crippen LogP contribution in [0.5, 0.6) is 0 Å². The number of hydrogen-bond acceptors (Lipinski definition) is 3. The molecule has 1 amide bonds. The Labute approximate surface area is 123 Å². The maximum atomic E-state index is 12.0. The quantitative estimate of drug-likeness (QED) is 0.899. The molecule has 0 saturated carbocycles. The predicted octanol–water partition coefficient (Wildman–Crippen LogP) is 1.39. The van der Waals surface area contributed by atoms with Gasteiger partial charge in [0.05, 0.1) is 5.69 Å². The SMILES string of the molecule is Cl.O=C(NC1CCNC1)c1ccc(-n2cccn2)cc1. The second-order valence-electron chi connectivity index (χ2n) is 4.66. The van der Waals surface area contributed by atoms with Crippen molar-refractivity contribution in [2.24, 2.45) is 0 Å². The maximum absolute atomic E-state index is 12.0. The van der Waals surface area contributed by atoms with E-state index in [0.717, 1.165) is 25.2 Å². The average Bonchev–Trinajstić information content (AvgIpc) is 3.12. The van der Waals surface area contributed by atoms with Gasteiger partial charge in [0.15, 0.2) is 0 Å². The van der Waals surface area contributed by atoms with E-state index >= 15 is 0 Å². The van der Waals surface area contributed by atoms with Crippen LogP contribution in [0.25, 0.3) is 5.69 Å². The van der Waals surface area contributed by atoms with E-state index in [4.69, 9.17) is 0 Å². The summed E-state index contributed by atoms with van der Waals surface area (Å²) < 4.78 is 1.77. The van der Waals surface area contributed by atoms with E-state index in [-0.39, 0.29) is 24.4 Å². The fourth-order valence-electron chi connectivity index (χ4n) is 2.23. The van der Waals surface area contributed by atoms with E-state index in [1.165, 1.54) is 0 Å². The van der Waals surface area contributed by atoms with Gasteiger partial charge in [0, 0.05) is 30.5 Å². The molecule has 2 aromatic rings. The van der Waals surface area contributed by atoms with Crippen molar-refractivity contribution in [3.8, 4) is 5.69 Å². The second kappa shape index (κ2) is 6.54. The highest BCUT2D eigenvalue weighted by molar-refractivity contribution is 5.94. The molecule has 2 heterocycles. The van der Waals surface area contributed by atoms with Crippen molar-refractivity contribution in [1.82, 2.24) is 20.4 Å². The van der Waals surface area contributed by atoms with Gasteiger partial charge in [-0.2, -0.15) is 5.10 Å². The van der Waals surface area contributed by atoms with Crippen molar-refractivity contribution in [2.45, 2.75) is 12.5 Å². The fourth-order valence-corrected chi connectivity index (χ4v) is 2.23. The first-order valence-corrected chi connectivity index (χ1v) is 6.44. The van der Waals surface area contributed by atoms with Gasteiger partial charge in [-0.05, 0) is 43.3 Å². The Hall–Kier alpha value is -1.85. The van der Waals surface area contributed by atoms with Crippen LogP contribution in [-0.2, 0) is 0 Å². The van der Waals surface area contributed by atoms with E-state index in [0.29, 0.717) is 5.56 Å². The third-order valence-electron chi connectivity index (χ3n) is 3.29. The molecule has 3 rings (SSSR count). The van der Waals surface area contributed by atoms with E-state index in [9.17, 15) is 4.79 Å². The molecule has 1 aliphatic heterocycles. The van der Waals surface area contributed by atoms with Gasteiger partial charge < -0.3 is 10.6 Å². The van der Waals surface area contributed by atoms with E-state index < -0.39 is 0 Å². The van der Waals surface area contributed by atoms with Crippen molar-refractivity contribution < 1.29 is 4.79 Å². The molecule has 1 fully saturated rings. The molecule has 6 heteroatoms. The van der Waals surface area contributed by atoms with Crippen molar-refractivity contribution in [3.63, 3.8) is 0 Å². The van der Waals surface area contributed by atoms with Crippen molar-refractivity contribution in [1.29, 1.82) is 0 Å². The number of halogens is 1. The predicted molar refractivity (Wildman–Crippen MR) is 79.6 cm³/mol. The van der Waals surface area contributed by atoms with Gasteiger partial charge in [-0.3, -0.25) is 4.79 Å². The summed E-state index contributed by atoms with van der Waals surface area (Å²) in [5.41, 5.74) is 1.63. The Bertz CT molecular complexity index is 547. The van der Waals surface area contributed by atoms with Crippen LogP contribution in [0, 0.1) is 0 Å². The molecule has 0 bridgehead atoms. The Balaban J connectivity index is 0.00000147. The molecular formula is C14H17ClN4O.